The van der Waals surface area contributed by atoms with Crippen LogP contribution in [0.25, 0.3) is 10.4 Å². The summed E-state index contributed by atoms with van der Waals surface area (Å²) in [5.41, 5.74) is 2.03. The van der Waals surface area contributed by atoms with Gasteiger partial charge in [0.05, 0.1) is 24.1 Å². The maximum atomic E-state index is 13.9. The molecular weight excluding hydrogens is 474 g/mol. The van der Waals surface area contributed by atoms with E-state index in [0.717, 1.165) is 47.6 Å². The fourth-order valence-electron chi connectivity index (χ4n) is 4.64. The summed E-state index contributed by atoms with van der Waals surface area (Å²) < 4.78 is 10.6. The minimum atomic E-state index is -0.222. The van der Waals surface area contributed by atoms with Crippen LogP contribution in [0, 0.1) is 0 Å². The lowest BCUT2D eigenvalue weighted by Gasteiger charge is -2.35. The molecule has 2 fully saturated rings. The zero-order valence-electron chi connectivity index (χ0n) is 20.7. The average molecular weight is 506 g/mol. The number of piperidine rings is 1. The predicted octanol–water partition coefficient (Wildman–Crippen LogP) is 5.13. The number of carbonyl (C=O) groups is 2. The van der Waals surface area contributed by atoms with Crippen molar-refractivity contribution in [3.8, 4) is 21.9 Å². The van der Waals surface area contributed by atoms with Gasteiger partial charge < -0.3 is 19.7 Å². The number of ether oxygens (including phenoxy) is 2. The number of benzene rings is 2. The van der Waals surface area contributed by atoms with Crippen molar-refractivity contribution in [2.24, 2.45) is 0 Å². The highest BCUT2D eigenvalue weighted by Gasteiger charge is 2.34. The van der Waals surface area contributed by atoms with Gasteiger partial charge in [-0.05, 0) is 49.8 Å². The molecule has 1 aromatic heterocycles. The van der Waals surface area contributed by atoms with E-state index in [0.29, 0.717) is 41.8 Å². The van der Waals surface area contributed by atoms with Gasteiger partial charge in [0, 0.05) is 36.7 Å². The normalized spacial score (nSPS) is 17.5. The Morgan fingerprint density at radius 2 is 1.75 bits per heavy atom. The van der Waals surface area contributed by atoms with E-state index in [1.165, 1.54) is 0 Å². The molecule has 8 heteroatoms. The molecule has 0 spiro atoms. The number of nitrogens with zero attached hydrogens (tertiary/aromatic N) is 2. The van der Waals surface area contributed by atoms with Crippen LogP contribution < -0.4 is 14.8 Å². The second-order valence-electron chi connectivity index (χ2n) is 9.33. The number of amides is 2. The molecule has 2 heterocycles. The smallest absolute Gasteiger partial charge is 0.274 e. The van der Waals surface area contributed by atoms with Gasteiger partial charge in [-0.2, -0.15) is 0 Å². The van der Waals surface area contributed by atoms with E-state index in [9.17, 15) is 9.59 Å². The Balaban J connectivity index is 1.35. The van der Waals surface area contributed by atoms with E-state index in [4.69, 9.17) is 14.5 Å². The average Bonchev–Trinajstić information content (AvgIpc) is 3.69. The Kier molecular flexibility index (Phi) is 7.23. The van der Waals surface area contributed by atoms with Crippen molar-refractivity contribution in [3.05, 3.63) is 64.8 Å². The van der Waals surface area contributed by atoms with Crippen molar-refractivity contribution in [1.82, 2.24) is 15.2 Å². The van der Waals surface area contributed by atoms with Gasteiger partial charge in [-0.1, -0.05) is 30.3 Å². The van der Waals surface area contributed by atoms with Crippen molar-refractivity contribution in [2.75, 3.05) is 27.3 Å². The molecule has 36 heavy (non-hydrogen) atoms. The monoisotopic (exact) mass is 505 g/mol. The second-order valence-corrected chi connectivity index (χ2v) is 10.4. The molecule has 1 saturated heterocycles. The third-order valence-electron chi connectivity index (χ3n) is 6.81. The first-order chi connectivity index (χ1) is 17.6. The van der Waals surface area contributed by atoms with Crippen LogP contribution in [0.4, 0.5) is 0 Å². The van der Waals surface area contributed by atoms with E-state index in [2.05, 4.69) is 5.32 Å². The van der Waals surface area contributed by atoms with Gasteiger partial charge in [0.1, 0.15) is 17.2 Å². The topological polar surface area (TPSA) is 80.8 Å². The summed E-state index contributed by atoms with van der Waals surface area (Å²) in [5, 5.41) is 4.09. The van der Waals surface area contributed by atoms with Crippen LogP contribution in [-0.4, -0.2) is 55.0 Å². The molecule has 1 N–H and O–H groups in total. The molecule has 188 valence electrons. The van der Waals surface area contributed by atoms with Gasteiger partial charge in [-0.3, -0.25) is 9.59 Å². The number of thiazole rings is 1. The third kappa shape index (κ3) is 5.23. The number of rotatable bonds is 8. The quantitative estimate of drug-likeness (QED) is 0.459. The standard InChI is InChI=1S/C28H31N3O4S/c1-34-22-14-20(15-23(16-22)35-2)26(32)29-17-21-10-6-7-13-31(21)28(33)24-25(18-8-4-3-5-9-18)36-27(30-24)19-11-12-19/h3-5,8-9,14-16,19,21H,6-7,10-13,17H2,1-2H3,(H,29,32)/t21-/m0/s1. The lowest BCUT2D eigenvalue weighted by Crippen LogP contribution is -2.49. The van der Waals surface area contributed by atoms with Gasteiger partial charge in [-0.25, -0.2) is 4.98 Å². The Bertz CT molecular complexity index is 1220. The summed E-state index contributed by atoms with van der Waals surface area (Å²) in [4.78, 5) is 34.5. The van der Waals surface area contributed by atoms with Gasteiger partial charge >= 0.3 is 0 Å². The molecule has 7 nitrogen and oxygen atoms in total. The van der Waals surface area contributed by atoms with E-state index in [1.54, 1.807) is 43.8 Å². The number of likely N-dealkylation sites (tertiary alicyclic amines) is 1. The number of nitrogens with one attached hydrogen (secondary N) is 1. The highest BCUT2D eigenvalue weighted by Crippen LogP contribution is 2.45. The summed E-state index contributed by atoms with van der Waals surface area (Å²) in [6.07, 6.45) is 5.09. The second kappa shape index (κ2) is 10.7. The van der Waals surface area contributed by atoms with Crippen molar-refractivity contribution >= 4 is 23.2 Å². The predicted molar refractivity (Wildman–Crippen MR) is 140 cm³/mol. The van der Waals surface area contributed by atoms with E-state index < -0.39 is 0 Å². The van der Waals surface area contributed by atoms with Crippen LogP contribution >= 0.6 is 11.3 Å². The fraction of sp³-hybridized carbons (Fsp3) is 0.393. The summed E-state index contributed by atoms with van der Waals surface area (Å²) in [7, 11) is 3.11. The first-order valence-corrected chi connectivity index (χ1v) is 13.3. The van der Waals surface area contributed by atoms with Crippen LogP contribution in [0.15, 0.2) is 48.5 Å². The van der Waals surface area contributed by atoms with Crippen molar-refractivity contribution in [3.63, 3.8) is 0 Å². The number of carbonyl (C=O) groups excluding carboxylic acids is 2. The fourth-order valence-corrected chi connectivity index (χ4v) is 5.87. The summed E-state index contributed by atoms with van der Waals surface area (Å²) >= 11 is 1.65. The summed E-state index contributed by atoms with van der Waals surface area (Å²) in [6, 6.07) is 15.1. The van der Waals surface area contributed by atoms with Gasteiger partial charge in [-0.15, -0.1) is 11.3 Å². The lowest BCUT2D eigenvalue weighted by atomic mass is 10.0. The first-order valence-electron chi connectivity index (χ1n) is 12.5. The van der Waals surface area contributed by atoms with Crippen molar-refractivity contribution in [2.45, 2.75) is 44.1 Å². The zero-order chi connectivity index (χ0) is 25.1. The molecule has 2 aliphatic rings. The van der Waals surface area contributed by atoms with E-state index in [1.807, 2.05) is 35.2 Å². The highest BCUT2D eigenvalue weighted by molar-refractivity contribution is 7.15. The number of aromatic nitrogens is 1. The first kappa shape index (κ1) is 24.3. The molecule has 1 aliphatic carbocycles. The molecule has 1 aliphatic heterocycles. The maximum absolute atomic E-state index is 13.9. The molecule has 1 atom stereocenters. The number of hydrogen-bond acceptors (Lipinski definition) is 6. The summed E-state index contributed by atoms with van der Waals surface area (Å²) in [5.74, 6) is 1.32. The molecule has 5 rings (SSSR count). The Morgan fingerprint density at radius 1 is 1.03 bits per heavy atom. The molecule has 2 aromatic carbocycles. The summed E-state index contributed by atoms with van der Waals surface area (Å²) in [6.45, 7) is 1.04. The molecule has 0 radical (unpaired) electrons. The van der Waals surface area contributed by atoms with Gasteiger partial charge in [0.2, 0.25) is 0 Å². The molecule has 1 saturated carbocycles. The van der Waals surface area contributed by atoms with Crippen molar-refractivity contribution < 1.29 is 19.1 Å². The van der Waals surface area contributed by atoms with E-state index >= 15 is 0 Å². The number of methoxy groups -OCH3 is 2. The van der Waals surface area contributed by atoms with Crippen LogP contribution in [0.5, 0.6) is 11.5 Å². The Labute approximate surface area is 215 Å². The highest BCUT2D eigenvalue weighted by atomic mass is 32.1. The SMILES string of the molecule is COc1cc(OC)cc(C(=O)NC[C@@H]2CCCCN2C(=O)c2nc(C3CC3)sc2-c2ccccc2)c1. The number of hydrogen-bond donors (Lipinski definition) is 1. The molecular formula is C28H31N3O4S. The Morgan fingerprint density at radius 3 is 2.42 bits per heavy atom. The van der Waals surface area contributed by atoms with Crippen LogP contribution in [0.2, 0.25) is 0 Å². The Hall–Kier alpha value is -3.39. The molecule has 2 amide bonds. The maximum Gasteiger partial charge on any atom is 0.274 e. The van der Waals surface area contributed by atoms with E-state index in [-0.39, 0.29) is 17.9 Å². The molecule has 0 bridgehead atoms. The van der Waals surface area contributed by atoms with Crippen molar-refractivity contribution in [1.29, 1.82) is 0 Å². The van der Waals surface area contributed by atoms with Gasteiger partial charge in [0.15, 0.2) is 0 Å². The third-order valence-corrected chi connectivity index (χ3v) is 8.08. The lowest BCUT2D eigenvalue weighted by molar-refractivity contribution is 0.0598. The zero-order valence-corrected chi connectivity index (χ0v) is 21.5. The van der Waals surface area contributed by atoms with Gasteiger partial charge in [0.25, 0.3) is 11.8 Å². The van der Waals surface area contributed by atoms with Crippen LogP contribution in [0.1, 0.15) is 63.9 Å². The van der Waals surface area contributed by atoms with Crippen LogP contribution in [0.3, 0.4) is 0 Å². The minimum absolute atomic E-state index is 0.0426. The molecule has 0 unspecified atom stereocenters. The largest absolute Gasteiger partial charge is 0.497 e. The minimum Gasteiger partial charge on any atom is -0.497 e. The molecule has 3 aromatic rings. The van der Waals surface area contributed by atoms with Crippen LogP contribution in [-0.2, 0) is 0 Å².